The van der Waals surface area contributed by atoms with E-state index in [1.807, 2.05) is 30.9 Å². The zero-order valence-electron chi connectivity index (χ0n) is 10.1. The monoisotopic (exact) mass is 235 g/mol. The number of hydrogen-bond donors (Lipinski definition) is 2. The maximum atomic E-state index is 8.87. The van der Waals surface area contributed by atoms with Crippen molar-refractivity contribution in [3.8, 4) is 0 Å². The summed E-state index contributed by atoms with van der Waals surface area (Å²) < 4.78 is 7.18. The van der Waals surface area contributed by atoms with E-state index in [1.54, 1.807) is 6.07 Å². The minimum Gasteiger partial charge on any atom is -0.462 e. The summed E-state index contributed by atoms with van der Waals surface area (Å²) in [5, 5.41) is 16.4. The van der Waals surface area contributed by atoms with Crippen LogP contribution in [0, 0.1) is 6.92 Å². The van der Waals surface area contributed by atoms with Gasteiger partial charge in [0.2, 0.25) is 0 Å². The molecule has 92 valence electrons. The van der Waals surface area contributed by atoms with E-state index in [0.29, 0.717) is 12.3 Å². The third kappa shape index (κ3) is 2.95. The van der Waals surface area contributed by atoms with Crippen molar-refractivity contribution in [2.24, 2.45) is 7.05 Å². The first-order valence-electron chi connectivity index (χ1n) is 5.57. The first-order valence-corrected chi connectivity index (χ1v) is 5.57. The molecule has 0 unspecified atom stereocenters. The van der Waals surface area contributed by atoms with Gasteiger partial charge >= 0.3 is 0 Å². The van der Waals surface area contributed by atoms with E-state index in [9.17, 15) is 0 Å². The van der Waals surface area contributed by atoms with E-state index in [4.69, 9.17) is 9.52 Å². The van der Waals surface area contributed by atoms with Gasteiger partial charge in [0, 0.05) is 25.4 Å². The number of aromatic nitrogens is 2. The van der Waals surface area contributed by atoms with E-state index in [-0.39, 0.29) is 6.61 Å². The molecule has 0 radical (unpaired) electrons. The number of nitrogens with zero attached hydrogens (tertiary/aromatic N) is 2. The van der Waals surface area contributed by atoms with Crippen molar-refractivity contribution in [3.05, 3.63) is 41.1 Å². The summed E-state index contributed by atoms with van der Waals surface area (Å²) in [7, 11) is 1.91. The highest BCUT2D eigenvalue weighted by Crippen LogP contribution is 2.08. The van der Waals surface area contributed by atoms with Crippen molar-refractivity contribution in [3.63, 3.8) is 0 Å². The molecule has 17 heavy (non-hydrogen) atoms. The van der Waals surface area contributed by atoms with Crippen LogP contribution in [0.3, 0.4) is 0 Å². The molecule has 0 amide bonds. The van der Waals surface area contributed by atoms with Gasteiger partial charge in [0.25, 0.3) is 0 Å². The van der Waals surface area contributed by atoms with Crippen molar-refractivity contribution in [2.45, 2.75) is 26.6 Å². The van der Waals surface area contributed by atoms with Crippen LogP contribution in [0.1, 0.15) is 22.8 Å². The summed E-state index contributed by atoms with van der Waals surface area (Å²) in [6.45, 7) is 3.35. The molecule has 0 atom stereocenters. The van der Waals surface area contributed by atoms with E-state index >= 15 is 0 Å². The van der Waals surface area contributed by atoms with E-state index in [1.165, 1.54) is 5.56 Å². The Morgan fingerprint density at radius 2 is 2.12 bits per heavy atom. The molecule has 0 fully saturated rings. The van der Waals surface area contributed by atoms with Crippen LogP contribution in [0.15, 0.2) is 22.7 Å². The fourth-order valence-electron chi connectivity index (χ4n) is 1.74. The highest BCUT2D eigenvalue weighted by Gasteiger charge is 2.04. The van der Waals surface area contributed by atoms with Crippen molar-refractivity contribution >= 4 is 0 Å². The van der Waals surface area contributed by atoms with Gasteiger partial charge in [0.1, 0.15) is 18.1 Å². The molecule has 2 heterocycles. The lowest BCUT2D eigenvalue weighted by Crippen LogP contribution is -2.12. The number of rotatable bonds is 5. The van der Waals surface area contributed by atoms with Crippen LogP contribution in [0.4, 0.5) is 0 Å². The molecular formula is C12H17N3O2. The lowest BCUT2D eigenvalue weighted by molar-refractivity contribution is 0.242. The van der Waals surface area contributed by atoms with Crippen molar-refractivity contribution in [2.75, 3.05) is 0 Å². The van der Waals surface area contributed by atoms with Crippen LogP contribution < -0.4 is 5.32 Å². The smallest absolute Gasteiger partial charge is 0.129 e. The largest absolute Gasteiger partial charge is 0.462 e. The quantitative estimate of drug-likeness (QED) is 0.814. The van der Waals surface area contributed by atoms with Crippen LogP contribution in [0.25, 0.3) is 0 Å². The summed E-state index contributed by atoms with van der Waals surface area (Å²) in [6, 6.07) is 3.65. The Balaban J connectivity index is 1.85. The van der Waals surface area contributed by atoms with E-state index in [2.05, 4.69) is 10.4 Å². The fraction of sp³-hybridized carbons (Fsp3) is 0.417. The molecule has 0 aliphatic heterocycles. The fourth-order valence-corrected chi connectivity index (χ4v) is 1.74. The van der Waals surface area contributed by atoms with Crippen molar-refractivity contribution in [1.29, 1.82) is 0 Å². The normalized spacial score (nSPS) is 11.0. The van der Waals surface area contributed by atoms with Gasteiger partial charge in [-0.25, -0.2) is 0 Å². The van der Waals surface area contributed by atoms with Gasteiger partial charge in [0.05, 0.1) is 12.2 Å². The van der Waals surface area contributed by atoms with Gasteiger partial charge in [-0.15, -0.1) is 0 Å². The Morgan fingerprint density at radius 1 is 1.35 bits per heavy atom. The third-order valence-electron chi connectivity index (χ3n) is 2.60. The molecule has 2 N–H and O–H groups in total. The van der Waals surface area contributed by atoms with Gasteiger partial charge in [-0.1, -0.05) is 0 Å². The molecule has 2 aromatic heterocycles. The topological polar surface area (TPSA) is 63.2 Å². The zero-order chi connectivity index (χ0) is 12.3. The number of hydrogen-bond acceptors (Lipinski definition) is 4. The number of aryl methyl sites for hydroxylation is 2. The SMILES string of the molecule is Cc1nn(C)cc1CNCc1ccc(CO)o1. The van der Waals surface area contributed by atoms with Crippen LogP contribution >= 0.6 is 0 Å². The number of aliphatic hydroxyl groups is 1. The Bertz CT molecular complexity index is 488. The van der Waals surface area contributed by atoms with Crippen molar-refractivity contribution in [1.82, 2.24) is 15.1 Å². The summed E-state index contributed by atoms with van der Waals surface area (Å²) in [5.41, 5.74) is 2.22. The first-order chi connectivity index (χ1) is 8.19. The Kier molecular flexibility index (Phi) is 3.61. The van der Waals surface area contributed by atoms with Crippen LogP contribution in [0.2, 0.25) is 0 Å². The lowest BCUT2D eigenvalue weighted by atomic mass is 10.2. The number of furan rings is 1. The average Bonchev–Trinajstić information content (AvgIpc) is 2.86. The molecule has 0 spiro atoms. The van der Waals surface area contributed by atoms with E-state index in [0.717, 1.165) is 18.0 Å². The second kappa shape index (κ2) is 5.16. The predicted molar refractivity (Wildman–Crippen MR) is 63.1 cm³/mol. The maximum absolute atomic E-state index is 8.87. The Morgan fingerprint density at radius 3 is 2.71 bits per heavy atom. The van der Waals surface area contributed by atoms with E-state index < -0.39 is 0 Å². The van der Waals surface area contributed by atoms with Gasteiger partial charge in [-0.2, -0.15) is 5.10 Å². The summed E-state index contributed by atoms with van der Waals surface area (Å²) in [6.07, 6.45) is 2.00. The van der Waals surface area contributed by atoms with Gasteiger partial charge in [-0.3, -0.25) is 4.68 Å². The summed E-state index contributed by atoms with van der Waals surface area (Å²) in [4.78, 5) is 0. The van der Waals surface area contributed by atoms with Crippen LogP contribution in [-0.4, -0.2) is 14.9 Å². The molecule has 0 aliphatic rings. The van der Waals surface area contributed by atoms with Gasteiger partial charge in [-0.05, 0) is 19.1 Å². The molecule has 0 bridgehead atoms. The molecule has 0 saturated carbocycles. The Hall–Kier alpha value is -1.59. The number of aliphatic hydroxyl groups excluding tert-OH is 1. The van der Waals surface area contributed by atoms with Crippen LogP contribution in [0.5, 0.6) is 0 Å². The molecule has 0 aromatic carbocycles. The highest BCUT2D eigenvalue weighted by atomic mass is 16.4. The minimum atomic E-state index is -0.0539. The van der Waals surface area contributed by atoms with Gasteiger partial charge < -0.3 is 14.8 Å². The summed E-state index contributed by atoms with van der Waals surface area (Å²) >= 11 is 0. The minimum absolute atomic E-state index is 0.0539. The Labute approximate surface area is 100 Å². The third-order valence-corrected chi connectivity index (χ3v) is 2.60. The molecule has 2 rings (SSSR count). The zero-order valence-corrected chi connectivity index (χ0v) is 10.1. The molecule has 5 nitrogen and oxygen atoms in total. The molecule has 5 heteroatoms. The second-order valence-electron chi connectivity index (χ2n) is 4.04. The molecule has 0 saturated heterocycles. The first kappa shape index (κ1) is 11.9. The molecule has 0 aliphatic carbocycles. The molecular weight excluding hydrogens is 218 g/mol. The highest BCUT2D eigenvalue weighted by molar-refractivity contribution is 5.15. The number of nitrogens with one attached hydrogen (secondary N) is 1. The maximum Gasteiger partial charge on any atom is 0.129 e. The lowest BCUT2D eigenvalue weighted by Gasteiger charge is -2.01. The predicted octanol–water partition coefficient (Wildman–Crippen LogP) is 1.10. The van der Waals surface area contributed by atoms with Crippen molar-refractivity contribution < 1.29 is 9.52 Å². The average molecular weight is 235 g/mol. The second-order valence-corrected chi connectivity index (χ2v) is 4.04. The van der Waals surface area contributed by atoms with Gasteiger partial charge in [0.15, 0.2) is 0 Å². The molecule has 2 aromatic rings. The standard InChI is InChI=1S/C12H17N3O2/c1-9-10(7-15(2)14-9)5-13-6-11-3-4-12(8-16)17-11/h3-4,7,13,16H,5-6,8H2,1-2H3. The van der Waals surface area contributed by atoms with Crippen LogP contribution in [-0.2, 0) is 26.7 Å². The summed E-state index contributed by atoms with van der Waals surface area (Å²) in [5.74, 6) is 1.43.